The van der Waals surface area contributed by atoms with Crippen molar-refractivity contribution in [3.05, 3.63) is 35.6 Å². The number of rotatable bonds is 7. The molecule has 0 aliphatic rings. The Morgan fingerprint density at radius 1 is 1.35 bits per heavy atom. The van der Waals surface area contributed by atoms with Crippen molar-refractivity contribution in [2.75, 3.05) is 20.1 Å². The third-order valence-electron chi connectivity index (χ3n) is 3.06. The SMILES string of the molecule is CC(C(=O)O)N(C)CC(=O)NCCc1ccc(F)cc1. The second-order valence-electron chi connectivity index (χ2n) is 4.66. The number of benzene rings is 1. The second-order valence-corrected chi connectivity index (χ2v) is 4.66. The third kappa shape index (κ3) is 5.36. The minimum absolute atomic E-state index is 0.0247. The summed E-state index contributed by atoms with van der Waals surface area (Å²) in [7, 11) is 1.58. The molecule has 0 saturated heterocycles. The highest BCUT2D eigenvalue weighted by atomic mass is 19.1. The van der Waals surface area contributed by atoms with Crippen LogP contribution in [-0.2, 0) is 16.0 Å². The number of carbonyl (C=O) groups excluding carboxylic acids is 1. The van der Waals surface area contributed by atoms with Crippen LogP contribution in [0.1, 0.15) is 12.5 Å². The maximum Gasteiger partial charge on any atom is 0.320 e. The first-order valence-corrected chi connectivity index (χ1v) is 6.34. The lowest BCUT2D eigenvalue weighted by atomic mass is 10.1. The molecule has 0 bridgehead atoms. The van der Waals surface area contributed by atoms with Gasteiger partial charge in [0.05, 0.1) is 6.54 Å². The third-order valence-corrected chi connectivity index (χ3v) is 3.06. The molecule has 0 aliphatic heterocycles. The minimum Gasteiger partial charge on any atom is -0.480 e. The van der Waals surface area contributed by atoms with Gasteiger partial charge in [0.25, 0.3) is 0 Å². The van der Waals surface area contributed by atoms with Gasteiger partial charge < -0.3 is 10.4 Å². The highest BCUT2D eigenvalue weighted by molar-refractivity contribution is 5.79. The van der Waals surface area contributed by atoms with Gasteiger partial charge in [-0.25, -0.2) is 4.39 Å². The molecule has 1 amide bonds. The fourth-order valence-electron chi connectivity index (χ4n) is 1.61. The van der Waals surface area contributed by atoms with Crippen LogP contribution < -0.4 is 5.32 Å². The lowest BCUT2D eigenvalue weighted by molar-refractivity contribution is -0.142. The van der Waals surface area contributed by atoms with Gasteiger partial charge in [-0.15, -0.1) is 0 Å². The molecule has 0 aliphatic carbocycles. The van der Waals surface area contributed by atoms with Crippen LogP contribution in [0.2, 0.25) is 0 Å². The predicted octanol–water partition coefficient (Wildman–Crippen LogP) is 0.889. The maximum atomic E-state index is 12.7. The molecular weight excluding hydrogens is 263 g/mol. The van der Waals surface area contributed by atoms with Gasteiger partial charge in [0.2, 0.25) is 5.91 Å². The number of likely N-dealkylation sites (N-methyl/N-ethyl adjacent to an activating group) is 1. The summed E-state index contributed by atoms with van der Waals surface area (Å²) in [6.45, 7) is 1.98. The van der Waals surface area contributed by atoms with Gasteiger partial charge in [0, 0.05) is 6.54 Å². The Bertz CT molecular complexity index is 462. The zero-order valence-corrected chi connectivity index (χ0v) is 11.6. The number of carboxylic acids is 1. The number of nitrogens with one attached hydrogen (secondary N) is 1. The molecule has 0 radical (unpaired) electrons. The van der Waals surface area contributed by atoms with Crippen LogP contribution >= 0.6 is 0 Å². The number of amides is 1. The predicted molar refractivity (Wildman–Crippen MR) is 72.8 cm³/mol. The van der Waals surface area contributed by atoms with Crippen LogP contribution in [0.15, 0.2) is 24.3 Å². The van der Waals surface area contributed by atoms with E-state index in [1.165, 1.54) is 24.0 Å². The fourth-order valence-corrected chi connectivity index (χ4v) is 1.61. The van der Waals surface area contributed by atoms with Crippen LogP contribution in [0.5, 0.6) is 0 Å². The van der Waals surface area contributed by atoms with Crippen LogP contribution in [0.3, 0.4) is 0 Å². The van der Waals surface area contributed by atoms with Crippen LogP contribution in [0.25, 0.3) is 0 Å². The smallest absolute Gasteiger partial charge is 0.320 e. The van der Waals surface area contributed by atoms with Crippen molar-refractivity contribution in [3.8, 4) is 0 Å². The lowest BCUT2D eigenvalue weighted by Gasteiger charge is -2.20. The van der Waals surface area contributed by atoms with E-state index in [0.29, 0.717) is 13.0 Å². The summed E-state index contributed by atoms with van der Waals surface area (Å²) in [5, 5.41) is 11.5. The van der Waals surface area contributed by atoms with Gasteiger partial charge in [-0.2, -0.15) is 0 Å². The highest BCUT2D eigenvalue weighted by Crippen LogP contribution is 2.02. The summed E-state index contributed by atoms with van der Waals surface area (Å²) in [5.74, 6) is -1.49. The van der Waals surface area contributed by atoms with Crippen molar-refractivity contribution in [3.63, 3.8) is 0 Å². The molecule has 1 aromatic carbocycles. The molecule has 2 N–H and O–H groups in total. The van der Waals surface area contributed by atoms with Crippen LogP contribution in [0, 0.1) is 5.82 Å². The maximum absolute atomic E-state index is 12.7. The van der Waals surface area contributed by atoms with Crippen molar-refractivity contribution >= 4 is 11.9 Å². The molecule has 20 heavy (non-hydrogen) atoms. The van der Waals surface area contributed by atoms with Crippen LogP contribution in [0.4, 0.5) is 4.39 Å². The molecule has 0 spiro atoms. The molecule has 1 atom stereocenters. The van der Waals surface area contributed by atoms with E-state index in [1.807, 2.05) is 0 Å². The molecule has 0 fully saturated rings. The normalized spacial score (nSPS) is 12.2. The van der Waals surface area contributed by atoms with E-state index < -0.39 is 12.0 Å². The zero-order valence-electron chi connectivity index (χ0n) is 11.6. The fraction of sp³-hybridized carbons (Fsp3) is 0.429. The van der Waals surface area contributed by atoms with Gasteiger partial charge in [-0.3, -0.25) is 14.5 Å². The number of carboxylic acid groups (broad SMARTS) is 1. The first-order chi connectivity index (χ1) is 9.40. The molecule has 0 saturated carbocycles. The monoisotopic (exact) mass is 282 g/mol. The Labute approximate surface area is 117 Å². The zero-order chi connectivity index (χ0) is 15.1. The quantitative estimate of drug-likeness (QED) is 0.779. The molecule has 0 heterocycles. The largest absolute Gasteiger partial charge is 0.480 e. The molecule has 0 aromatic heterocycles. The Kier molecular flexibility index (Phi) is 6.11. The number of carbonyl (C=O) groups is 2. The average molecular weight is 282 g/mol. The van der Waals surface area contributed by atoms with Crippen molar-refractivity contribution in [2.45, 2.75) is 19.4 Å². The van der Waals surface area contributed by atoms with E-state index >= 15 is 0 Å². The van der Waals surface area contributed by atoms with Gasteiger partial charge in [-0.1, -0.05) is 12.1 Å². The second kappa shape index (κ2) is 7.59. The van der Waals surface area contributed by atoms with Crippen molar-refractivity contribution in [1.29, 1.82) is 0 Å². The van der Waals surface area contributed by atoms with E-state index in [-0.39, 0.29) is 18.3 Å². The van der Waals surface area contributed by atoms with E-state index in [9.17, 15) is 14.0 Å². The molecule has 1 unspecified atom stereocenters. The molecule has 6 heteroatoms. The first-order valence-electron chi connectivity index (χ1n) is 6.34. The lowest BCUT2D eigenvalue weighted by Crippen LogP contribution is -2.43. The first kappa shape index (κ1) is 16.1. The Hall–Kier alpha value is -1.95. The Morgan fingerprint density at radius 2 is 1.95 bits per heavy atom. The Morgan fingerprint density at radius 3 is 2.50 bits per heavy atom. The van der Waals surface area contributed by atoms with Crippen molar-refractivity contribution < 1.29 is 19.1 Å². The topological polar surface area (TPSA) is 69.6 Å². The van der Waals surface area contributed by atoms with Crippen molar-refractivity contribution in [2.24, 2.45) is 0 Å². The van der Waals surface area contributed by atoms with E-state index in [0.717, 1.165) is 5.56 Å². The van der Waals surface area contributed by atoms with Gasteiger partial charge >= 0.3 is 5.97 Å². The number of hydrogen-bond donors (Lipinski definition) is 2. The average Bonchev–Trinajstić information content (AvgIpc) is 2.39. The van der Waals surface area contributed by atoms with Gasteiger partial charge in [0.1, 0.15) is 11.9 Å². The van der Waals surface area contributed by atoms with Gasteiger partial charge in [0.15, 0.2) is 0 Å². The number of nitrogens with zero attached hydrogens (tertiary/aromatic N) is 1. The highest BCUT2D eigenvalue weighted by Gasteiger charge is 2.18. The summed E-state index contributed by atoms with van der Waals surface area (Å²) >= 11 is 0. The molecule has 1 aromatic rings. The molecule has 110 valence electrons. The van der Waals surface area contributed by atoms with Crippen molar-refractivity contribution in [1.82, 2.24) is 10.2 Å². The molecule has 1 rings (SSSR count). The number of aliphatic carboxylic acids is 1. The summed E-state index contributed by atoms with van der Waals surface area (Å²) in [6, 6.07) is 5.37. The summed E-state index contributed by atoms with van der Waals surface area (Å²) in [6.07, 6.45) is 0.601. The van der Waals surface area contributed by atoms with E-state index in [4.69, 9.17) is 5.11 Å². The summed E-state index contributed by atoms with van der Waals surface area (Å²) in [4.78, 5) is 23.8. The molecule has 5 nitrogen and oxygen atoms in total. The summed E-state index contributed by atoms with van der Waals surface area (Å²) in [5.41, 5.74) is 0.930. The van der Waals surface area contributed by atoms with Crippen LogP contribution in [-0.4, -0.2) is 48.1 Å². The number of hydrogen-bond acceptors (Lipinski definition) is 3. The number of halogens is 1. The molecular formula is C14H19FN2O3. The minimum atomic E-state index is -0.966. The summed E-state index contributed by atoms with van der Waals surface area (Å²) < 4.78 is 12.7. The van der Waals surface area contributed by atoms with E-state index in [2.05, 4.69) is 5.32 Å². The standard InChI is InChI=1S/C14H19FN2O3/c1-10(14(19)20)17(2)9-13(18)16-8-7-11-3-5-12(15)6-4-11/h3-6,10H,7-9H2,1-2H3,(H,16,18)(H,19,20). The van der Waals surface area contributed by atoms with Gasteiger partial charge in [-0.05, 0) is 38.1 Å². The van der Waals surface area contributed by atoms with E-state index in [1.54, 1.807) is 19.2 Å². The Balaban J connectivity index is 2.29.